The smallest absolute Gasteiger partial charge is 0.234 e. The minimum Gasteiger partial charge on any atom is -0.444 e. The molecule has 7 heteroatoms. The highest BCUT2D eigenvalue weighted by atomic mass is 16.4. The second kappa shape index (κ2) is 4.32. The molecule has 1 fully saturated rings. The van der Waals surface area contributed by atoms with Crippen molar-refractivity contribution in [3.8, 4) is 0 Å². The van der Waals surface area contributed by atoms with Gasteiger partial charge in [0.05, 0.1) is 12.2 Å². The second-order valence-electron chi connectivity index (χ2n) is 4.50. The maximum atomic E-state index is 11.9. The molecule has 0 aliphatic heterocycles. The highest BCUT2D eigenvalue weighted by molar-refractivity contribution is 6.09. The van der Waals surface area contributed by atoms with Gasteiger partial charge in [0.2, 0.25) is 11.8 Å². The van der Waals surface area contributed by atoms with E-state index in [4.69, 9.17) is 15.4 Å². The van der Waals surface area contributed by atoms with Gasteiger partial charge in [-0.1, -0.05) is 5.16 Å². The third-order valence-corrected chi connectivity index (χ3v) is 3.26. The molecule has 1 heterocycles. The molecular weight excluding hydrogens is 236 g/mol. The lowest BCUT2D eigenvalue weighted by Crippen LogP contribution is -2.40. The molecule has 1 saturated carbocycles. The third-order valence-electron chi connectivity index (χ3n) is 3.26. The first-order valence-corrected chi connectivity index (χ1v) is 5.69. The maximum absolute atomic E-state index is 11.9. The summed E-state index contributed by atoms with van der Waals surface area (Å²) >= 11 is 0. The lowest BCUT2D eigenvalue weighted by molar-refractivity contribution is -0.124. The summed E-state index contributed by atoms with van der Waals surface area (Å²) in [5, 5.41) is 14.2. The fourth-order valence-corrected chi connectivity index (χ4v) is 1.76. The number of rotatable bonds is 4. The highest BCUT2D eigenvalue weighted by Crippen LogP contribution is 2.46. The Balaban J connectivity index is 1.97. The Hall–Kier alpha value is -2.05. The van der Waals surface area contributed by atoms with Crippen LogP contribution in [0.15, 0.2) is 9.57 Å². The van der Waals surface area contributed by atoms with Crippen LogP contribution in [-0.4, -0.2) is 21.9 Å². The Bertz CT molecular complexity index is 483. The van der Waals surface area contributed by atoms with Crippen molar-refractivity contribution in [2.75, 3.05) is 0 Å². The SMILES string of the molecule is Cc1nc(CNC(=O)C2(C(N)=NO)CC2)oc1C. The van der Waals surface area contributed by atoms with Crippen molar-refractivity contribution < 1.29 is 14.4 Å². The number of nitrogens with zero attached hydrogens (tertiary/aromatic N) is 2. The van der Waals surface area contributed by atoms with E-state index in [0.29, 0.717) is 18.7 Å². The quantitative estimate of drug-likeness (QED) is 0.311. The van der Waals surface area contributed by atoms with Crippen molar-refractivity contribution in [1.29, 1.82) is 0 Å². The minimum absolute atomic E-state index is 0.0419. The van der Waals surface area contributed by atoms with E-state index < -0.39 is 5.41 Å². The normalized spacial score (nSPS) is 17.6. The van der Waals surface area contributed by atoms with Crippen molar-refractivity contribution in [3.05, 3.63) is 17.3 Å². The Morgan fingerprint density at radius 3 is 2.72 bits per heavy atom. The van der Waals surface area contributed by atoms with Crippen LogP contribution in [0.3, 0.4) is 0 Å². The molecule has 1 aromatic heterocycles. The Morgan fingerprint density at radius 1 is 1.61 bits per heavy atom. The summed E-state index contributed by atoms with van der Waals surface area (Å²) in [5.41, 5.74) is 5.47. The number of hydrogen-bond donors (Lipinski definition) is 3. The standard InChI is InChI=1S/C11H16N4O3/c1-6-7(2)18-8(14-6)5-13-10(16)11(3-4-11)9(12)15-17/h17H,3-5H2,1-2H3,(H2,12,15)(H,13,16). The Labute approximate surface area is 104 Å². The molecule has 1 amide bonds. The molecule has 18 heavy (non-hydrogen) atoms. The average molecular weight is 252 g/mol. The molecule has 1 aliphatic carbocycles. The van der Waals surface area contributed by atoms with E-state index in [1.165, 1.54) is 0 Å². The molecule has 98 valence electrons. The zero-order valence-electron chi connectivity index (χ0n) is 10.4. The van der Waals surface area contributed by atoms with Gasteiger partial charge in [0.25, 0.3) is 0 Å². The Morgan fingerprint density at radius 2 is 2.28 bits per heavy atom. The lowest BCUT2D eigenvalue weighted by Gasteiger charge is -2.12. The highest BCUT2D eigenvalue weighted by Gasteiger charge is 2.54. The molecule has 0 saturated heterocycles. The van der Waals surface area contributed by atoms with Crippen LogP contribution in [-0.2, 0) is 11.3 Å². The first-order valence-electron chi connectivity index (χ1n) is 5.69. The second-order valence-corrected chi connectivity index (χ2v) is 4.50. The van der Waals surface area contributed by atoms with Crippen molar-refractivity contribution in [2.24, 2.45) is 16.3 Å². The van der Waals surface area contributed by atoms with Crippen molar-refractivity contribution in [2.45, 2.75) is 33.2 Å². The van der Waals surface area contributed by atoms with Gasteiger partial charge in [-0.25, -0.2) is 4.98 Å². The van der Waals surface area contributed by atoms with E-state index in [1.54, 1.807) is 0 Å². The van der Waals surface area contributed by atoms with Crippen molar-refractivity contribution >= 4 is 11.7 Å². The largest absolute Gasteiger partial charge is 0.444 e. The van der Waals surface area contributed by atoms with Crippen LogP contribution in [0.5, 0.6) is 0 Å². The van der Waals surface area contributed by atoms with Gasteiger partial charge >= 0.3 is 0 Å². The number of amidine groups is 1. The summed E-state index contributed by atoms with van der Waals surface area (Å²) in [6, 6.07) is 0. The summed E-state index contributed by atoms with van der Waals surface area (Å²) < 4.78 is 5.35. The van der Waals surface area contributed by atoms with Gasteiger partial charge in [-0.15, -0.1) is 0 Å². The molecule has 0 atom stereocenters. The molecule has 0 radical (unpaired) electrons. The molecule has 1 aromatic rings. The molecule has 0 spiro atoms. The summed E-state index contributed by atoms with van der Waals surface area (Å²) in [6.07, 6.45) is 1.19. The molecule has 7 nitrogen and oxygen atoms in total. The third kappa shape index (κ3) is 2.03. The van der Waals surface area contributed by atoms with Crippen LogP contribution in [0.2, 0.25) is 0 Å². The van der Waals surface area contributed by atoms with Crippen molar-refractivity contribution in [1.82, 2.24) is 10.3 Å². The maximum Gasteiger partial charge on any atom is 0.234 e. The number of oxime groups is 1. The number of amides is 1. The van der Waals surface area contributed by atoms with Crippen LogP contribution in [0.4, 0.5) is 0 Å². The summed E-state index contributed by atoms with van der Waals surface area (Å²) in [5.74, 6) is 0.886. The number of carbonyl (C=O) groups is 1. The number of hydrogen-bond acceptors (Lipinski definition) is 5. The predicted molar refractivity (Wildman–Crippen MR) is 62.9 cm³/mol. The topological polar surface area (TPSA) is 114 Å². The number of nitrogens with two attached hydrogens (primary N) is 1. The summed E-state index contributed by atoms with van der Waals surface area (Å²) in [6.45, 7) is 3.85. The number of carbonyl (C=O) groups excluding carboxylic acids is 1. The summed E-state index contributed by atoms with van der Waals surface area (Å²) in [4.78, 5) is 16.1. The Kier molecular flexibility index (Phi) is 2.98. The zero-order chi connectivity index (χ0) is 13.3. The fraction of sp³-hybridized carbons (Fsp3) is 0.545. The first kappa shape index (κ1) is 12.4. The van der Waals surface area contributed by atoms with Crippen molar-refractivity contribution in [3.63, 3.8) is 0 Å². The van der Waals surface area contributed by atoms with E-state index >= 15 is 0 Å². The number of aromatic nitrogens is 1. The van der Waals surface area contributed by atoms with E-state index in [2.05, 4.69) is 15.5 Å². The fourth-order valence-electron chi connectivity index (χ4n) is 1.76. The molecule has 1 aliphatic rings. The van der Waals surface area contributed by atoms with Crippen LogP contribution in [0, 0.1) is 19.3 Å². The van der Waals surface area contributed by atoms with Gasteiger partial charge in [0, 0.05) is 0 Å². The molecule has 0 aromatic carbocycles. The molecule has 0 unspecified atom stereocenters. The predicted octanol–water partition coefficient (Wildman–Crippen LogP) is 0.434. The van der Waals surface area contributed by atoms with E-state index in [1.807, 2.05) is 13.8 Å². The molecule has 0 bridgehead atoms. The number of nitrogens with one attached hydrogen (secondary N) is 1. The van der Waals surface area contributed by atoms with E-state index in [9.17, 15) is 4.79 Å². The van der Waals surface area contributed by atoms with Crippen LogP contribution in [0.25, 0.3) is 0 Å². The van der Waals surface area contributed by atoms with Gasteiger partial charge in [0.15, 0.2) is 5.84 Å². The van der Waals surface area contributed by atoms with Crippen LogP contribution >= 0.6 is 0 Å². The van der Waals surface area contributed by atoms with Gasteiger partial charge in [-0.3, -0.25) is 4.79 Å². The van der Waals surface area contributed by atoms with E-state index in [-0.39, 0.29) is 18.3 Å². The molecule has 2 rings (SSSR count). The van der Waals surface area contributed by atoms with E-state index in [0.717, 1.165) is 11.5 Å². The lowest BCUT2D eigenvalue weighted by atomic mass is 10.1. The zero-order valence-corrected chi connectivity index (χ0v) is 10.4. The first-order chi connectivity index (χ1) is 8.49. The van der Waals surface area contributed by atoms with Crippen LogP contribution < -0.4 is 11.1 Å². The van der Waals surface area contributed by atoms with Gasteiger partial charge in [0.1, 0.15) is 11.2 Å². The average Bonchev–Trinajstić information content (AvgIpc) is 3.09. The number of aryl methyl sites for hydroxylation is 2. The van der Waals surface area contributed by atoms with Gasteiger partial charge < -0.3 is 20.7 Å². The monoisotopic (exact) mass is 252 g/mol. The molecular formula is C11H16N4O3. The van der Waals surface area contributed by atoms with Gasteiger partial charge in [-0.05, 0) is 26.7 Å². The molecule has 4 N–H and O–H groups in total. The minimum atomic E-state index is -0.842. The van der Waals surface area contributed by atoms with Crippen LogP contribution in [0.1, 0.15) is 30.2 Å². The number of oxazole rings is 1. The van der Waals surface area contributed by atoms with Gasteiger partial charge in [-0.2, -0.15) is 0 Å². The summed E-state index contributed by atoms with van der Waals surface area (Å²) in [7, 11) is 0.